The molecule has 0 spiro atoms. The van der Waals surface area contributed by atoms with Gasteiger partial charge in [-0.3, -0.25) is 9.78 Å². The molecule has 1 aliphatic carbocycles. The van der Waals surface area contributed by atoms with Crippen molar-refractivity contribution < 1.29 is 9.21 Å². The molecule has 0 amide bonds. The number of carbonyl (C=O) groups excluding carboxylic acids is 1. The van der Waals surface area contributed by atoms with Crippen molar-refractivity contribution in [3.8, 4) is 0 Å². The number of allylic oxidation sites excluding steroid dienone is 1. The Hall–Kier alpha value is -3.45. The number of hydrogen-bond acceptors (Lipinski definition) is 5. The molecule has 0 radical (unpaired) electrons. The van der Waals surface area contributed by atoms with Crippen LogP contribution >= 0.6 is 12.2 Å². The largest absolute Gasteiger partial charge is 0.467 e. The van der Waals surface area contributed by atoms with Gasteiger partial charge >= 0.3 is 0 Å². The lowest BCUT2D eigenvalue weighted by Crippen LogP contribution is -2.44. The van der Waals surface area contributed by atoms with Crippen molar-refractivity contribution in [2.75, 3.05) is 10.2 Å². The average molecular weight is 459 g/mol. The molecule has 1 atom stereocenters. The lowest BCUT2D eigenvalue weighted by atomic mass is 9.73. The summed E-state index contributed by atoms with van der Waals surface area (Å²) in [6, 6.07) is 15.3. The number of para-hydroxylation sites is 2. The van der Waals surface area contributed by atoms with Crippen molar-refractivity contribution in [3.63, 3.8) is 0 Å². The molecule has 0 bridgehead atoms. The summed E-state index contributed by atoms with van der Waals surface area (Å²) < 4.78 is 5.48. The second-order valence-electron chi connectivity index (χ2n) is 9.27. The quantitative estimate of drug-likeness (QED) is 0.512. The van der Waals surface area contributed by atoms with E-state index in [2.05, 4.69) is 29.5 Å². The minimum absolute atomic E-state index is 0.120. The van der Waals surface area contributed by atoms with Crippen LogP contribution in [0.4, 0.5) is 11.4 Å². The SMILES string of the molecule is CC1(C)CC(=O)C2=C(C1)Nc1ccccc1N(C(=S)NCc1ccco1)C2c1cccnc1. The van der Waals surface area contributed by atoms with E-state index in [1.807, 2.05) is 59.6 Å². The van der Waals surface area contributed by atoms with Gasteiger partial charge in [-0.05, 0) is 59.9 Å². The van der Waals surface area contributed by atoms with Gasteiger partial charge in [0.2, 0.25) is 0 Å². The van der Waals surface area contributed by atoms with Gasteiger partial charge in [-0.2, -0.15) is 0 Å². The minimum atomic E-state index is -0.398. The van der Waals surface area contributed by atoms with Gasteiger partial charge in [0.1, 0.15) is 5.76 Å². The lowest BCUT2D eigenvalue weighted by molar-refractivity contribution is -0.118. The molecule has 5 rings (SSSR count). The number of ketones is 1. The number of thiocarbonyl (C=S) groups is 1. The highest BCUT2D eigenvalue weighted by molar-refractivity contribution is 7.80. The second-order valence-corrected chi connectivity index (χ2v) is 9.66. The second kappa shape index (κ2) is 8.48. The van der Waals surface area contributed by atoms with E-state index in [9.17, 15) is 4.79 Å². The van der Waals surface area contributed by atoms with Gasteiger partial charge in [-0.1, -0.05) is 32.0 Å². The molecule has 2 N–H and O–H groups in total. The van der Waals surface area contributed by atoms with Crippen molar-refractivity contribution in [1.29, 1.82) is 0 Å². The van der Waals surface area contributed by atoms with Crippen LogP contribution in [-0.2, 0) is 11.3 Å². The zero-order valence-electron chi connectivity index (χ0n) is 18.7. The number of pyridine rings is 1. The maximum absolute atomic E-state index is 13.6. The van der Waals surface area contributed by atoms with Crippen LogP contribution in [0.2, 0.25) is 0 Å². The Morgan fingerprint density at radius 2 is 2.06 bits per heavy atom. The van der Waals surface area contributed by atoms with Gasteiger partial charge in [0.15, 0.2) is 10.9 Å². The number of furan rings is 1. The molecular weight excluding hydrogens is 432 g/mol. The van der Waals surface area contributed by atoms with E-state index in [-0.39, 0.29) is 11.2 Å². The van der Waals surface area contributed by atoms with Crippen molar-refractivity contribution >= 4 is 34.5 Å². The Morgan fingerprint density at radius 3 is 2.82 bits per heavy atom. The summed E-state index contributed by atoms with van der Waals surface area (Å²) in [6.07, 6.45) is 6.47. The summed E-state index contributed by atoms with van der Waals surface area (Å²) in [4.78, 5) is 20.0. The van der Waals surface area contributed by atoms with Crippen molar-refractivity contribution in [3.05, 3.63) is 89.8 Å². The Kier molecular flexibility index (Phi) is 5.50. The number of anilines is 2. The van der Waals surface area contributed by atoms with Crippen LogP contribution in [0.1, 0.15) is 44.1 Å². The fraction of sp³-hybridized carbons (Fsp3) is 0.269. The molecule has 33 heavy (non-hydrogen) atoms. The van der Waals surface area contributed by atoms with Crippen LogP contribution < -0.4 is 15.5 Å². The molecule has 3 heterocycles. The molecule has 3 aromatic rings. The van der Waals surface area contributed by atoms with Gasteiger partial charge in [-0.15, -0.1) is 0 Å². The van der Waals surface area contributed by atoms with Crippen molar-refractivity contribution in [2.45, 2.75) is 39.3 Å². The monoisotopic (exact) mass is 458 g/mol. The van der Waals surface area contributed by atoms with Crippen LogP contribution in [0, 0.1) is 5.41 Å². The summed E-state index contributed by atoms with van der Waals surface area (Å²) in [5.74, 6) is 0.918. The lowest BCUT2D eigenvalue weighted by Gasteiger charge is -2.38. The summed E-state index contributed by atoms with van der Waals surface area (Å²) in [5, 5.41) is 7.44. The van der Waals surface area contributed by atoms with E-state index in [1.54, 1.807) is 12.5 Å². The number of nitrogens with one attached hydrogen (secondary N) is 2. The summed E-state index contributed by atoms with van der Waals surface area (Å²) in [6.45, 7) is 4.73. The van der Waals surface area contributed by atoms with Gasteiger partial charge < -0.3 is 20.0 Å². The Balaban J connectivity index is 1.66. The molecule has 6 nitrogen and oxygen atoms in total. The standard InChI is InChI=1S/C26H26N4O2S/c1-26(2)13-20-23(22(31)14-26)24(17-7-5-11-27-15-17)30(21-10-4-3-9-19(21)29-20)25(33)28-16-18-8-6-12-32-18/h3-12,15,24,29H,13-14,16H2,1-2H3,(H,28,33). The summed E-state index contributed by atoms with van der Waals surface area (Å²) in [5.41, 5.74) is 4.32. The number of nitrogens with zero attached hydrogens (tertiary/aromatic N) is 2. The van der Waals surface area contributed by atoms with Gasteiger partial charge in [0.05, 0.1) is 30.2 Å². The molecule has 0 saturated carbocycles. The molecule has 1 unspecified atom stereocenters. The maximum Gasteiger partial charge on any atom is 0.174 e. The van der Waals surface area contributed by atoms with Crippen LogP contribution in [0.3, 0.4) is 0 Å². The maximum atomic E-state index is 13.6. The highest BCUT2D eigenvalue weighted by Gasteiger charge is 2.42. The first-order chi connectivity index (χ1) is 15.9. The Labute approximate surface area is 198 Å². The van der Waals surface area contributed by atoms with E-state index in [1.165, 1.54) is 0 Å². The number of Topliss-reactive ketones (excluding diaryl/α,β-unsaturated/α-hetero) is 1. The van der Waals surface area contributed by atoms with E-state index >= 15 is 0 Å². The molecule has 1 aromatic carbocycles. The van der Waals surface area contributed by atoms with Gasteiger partial charge in [-0.25, -0.2) is 0 Å². The molecule has 0 saturated heterocycles. The molecule has 0 fully saturated rings. The van der Waals surface area contributed by atoms with Crippen LogP contribution in [0.25, 0.3) is 0 Å². The van der Waals surface area contributed by atoms with Crippen LogP contribution in [0.5, 0.6) is 0 Å². The number of aromatic nitrogens is 1. The fourth-order valence-electron chi connectivity index (χ4n) is 4.72. The molecule has 2 aromatic heterocycles. The molecule has 168 valence electrons. The number of fused-ring (bicyclic) bond motifs is 1. The molecular formula is C26H26N4O2S. The van der Waals surface area contributed by atoms with E-state index < -0.39 is 6.04 Å². The van der Waals surface area contributed by atoms with Crippen molar-refractivity contribution in [2.24, 2.45) is 5.41 Å². The first kappa shape index (κ1) is 21.4. The number of rotatable bonds is 3. The number of benzene rings is 1. The van der Waals surface area contributed by atoms with E-state index in [0.717, 1.165) is 40.4 Å². The van der Waals surface area contributed by atoms with Gasteiger partial charge in [0.25, 0.3) is 0 Å². The predicted molar refractivity (Wildman–Crippen MR) is 133 cm³/mol. The normalized spacial score (nSPS) is 19.3. The highest BCUT2D eigenvalue weighted by Crippen LogP contribution is 2.48. The predicted octanol–water partition coefficient (Wildman–Crippen LogP) is 5.37. The minimum Gasteiger partial charge on any atom is -0.467 e. The smallest absolute Gasteiger partial charge is 0.174 e. The van der Waals surface area contributed by atoms with Crippen LogP contribution in [-0.4, -0.2) is 15.9 Å². The molecule has 7 heteroatoms. The Bertz CT molecular complexity index is 1220. The van der Waals surface area contributed by atoms with E-state index in [4.69, 9.17) is 16.6 Å². The number of hydrogen-bond donors (Lipinski definition) is 2. The average Bonchev–Trinajstić information content (AvgIpc) is 3.26. The number of carbonyl (C=O) groups is 1. The van der Waals surface area contributed by atoms with Crippen LogP contribution in [0.15, 0.2) is 82.9 Å². The fourth-order valence-corrected chi connectivity index (χ4v) is 5.00. The third-order valence-corrected chi connectivity index (χ3v) is 6.45. The highest BCUT2D eigenvalue weighted by atomic mass is 32.1. The third-order valence-electron chi connectivity index (χ3n) is 6.11. The topological polar surface area (TPSA) is 70.4 Å². The summed E-state index contributed by atoms with van der Waals surface area (Å²) in [7, 11) is 0. The van der Waals surface area contributed by atoms with Crippen molar-refractivity contribution in [1.82, 2.24) is 10.3 Å². The third kappa shape index (κ3) is 4.16. The molecule has 1 aliphatic heterocycles. The molecule has 2 aliphatic rings. The first-order valence-electron chi connectivity index (χ1n) is 11.0. The van der Waals surface area contributed by atoms with Gasteiger partial charge in [0, 0.05) is 30.1 Å². The summed E-state index contributed by atoms with van der Waals surface area (Å²) >= 11 is 5.93. The zero-order valence-corrected chi connectivity index (χ0v) is 19.5. The first-order valence-corrected chi connectivity index (χ1v) is 11.5. The van der Waals surface area contributed by atoms with E-state index in [0.29, 0.717) is 18.1 Å². The zero-order chi connectivity index (χ0) is 23.0. The Morgan fingerprint density at radius 1 is 1.21 bits per heavy atom.